The summed E-state index contributed by atoms with van der Waals surface area (Å²) in [5.41, 5.74) is 3.22. The molecule has 4 rings (SSSR count). The third kappa shape index (κ3) is 10.0. The molecule has 3 saturated carbocycles. The Labute approximate surface area is 232 Å². The van der Waals surface area contributed by atoms with Crippen molar-refractivity contribution >= 4 is 0 Å². The van der Waals surface area contributed by atoms with Crippen LogP contribution in [0.3, 0.4) is 0 Å². The minimum atomic E-state index is 0.836. The zero-order valence-corrected chi connectivity index (χ0v) is 25.0. The second-order valence-corrected chi connectivity index (χ2v) is 14.0. The molecule has 0 heteroatoms. The Hall–Kier alpha value is -0.780. The molecule has 0 unspecified atom stereocenters. The third-order valence-electron chi connectivity index (χ3n) is 11.2. The summed E-state index contributed by atoms with van der Waals surface area (Å²) >= 11 is 0. The smallest absolute Gasteiger partial charge is 0.0162 e. The second kappa shape index (κ2) is 16.4. The Kier molecular flexibility index (Phi) is 12.9. The number of aryl methyl sites for hydroxylation is 1. The summed E-state index contributed by atoms with van der Waals surface area (Å²) in [5.74, 6) is 6.04. The van der Waals surface area contributed by atoms with Crippen molar-refractivity contribution in [1.29, 1.82) is 0 Å². The summed E-state index contributed by atoms with van der Waals surface area (Å²) in [6, 6.07) is 9.93. The van der Waals surface area contributed by atoms with Crippen LogP contribution in [0.5, 0.6) is 0 Å². The van der Waals surface area contributed by atoms with Crippen LogP contribution in [0.15, 0.2) is 24.3 Å². The molecule has 3 aliphatic carbocycles. The van der Waals surface area contributed by atoms with Crippen LogP contribution in [0.25, 0.3) is 0 Å². The van der Waals surface area contributed by atoms with E-state index in [-0.39, 0.29) is 0 Å². The normalized spacial score (nSPS) is 30.9. The third-order valence-corrected chi connectivity index (χ3v) is 11.2. The highest BCUT2D eigenvalue weighted by Gasteiger charge is 2.25. The molecule has 0 aliphatic heterocycles. The van der Waals surface area contributed by atoms with Crippen molar-refractivity contribution in [2.45, 2.75) is 167 Å². The Balaban J connectivity index is 1.06. The van der Waals surface area contributed by atoms with Gasteiger partial charge in [0.1, 0.15) is 0 Å². The molecule has 1 aromatic carbocycles. The minimum Gasteiger partial charge on any atom is -0.0654 e. The summed E-state index contributed by atoms with van der Waals surface area (Å²) in [7, 11) is 0. The van der Waals surface area contributed by atoms with Gasteiger partial charge in [0.15, 0.2) is 0 Å². The molecule has 1 aromatic rings. The molecule has 0 amide bonds. The second-order valence-electron chi connectivity index (χ2n) is 14.0. The lowest BCUT2D eigenvalue weighted by molar-refractivity contribution is 0.208. The summed E-state index contributed by atoms with van der Waals surface area (Å²) in [6.07, 6.45) is 34.0. The van der Waals surface area contributed by atoms with Gasteiger partial charge in [0.2, 0.25) is 0 Å². The molecule has 0 atom stereocenters. The first-order valence-corrected chi connectivity index (χ1v) is 17.3. The fraction of sp³-hybridized carbons (Fsp3) is 0.838. The van der Waals surface area contributed by atoms with Gasteiger partial charge < -0.3 is 0 Å². The number of hydrogen-bond acceptors (Lipinski definition) is 0. The van der Waals surface area contributed by atoms with Gasteiger partial charge >= 0.3 is 0 Å². The highest BCUT2D eigenvalue weighted by Crippen LogP contribution is 2.40. The zero-order chi connectivity index (χ0) is 25.7. The first-order chi connectivity index (χ1) is 18.2. The Morgan fingerprint density at radius 3 is 1.41 bits per heavy atom. The Morgan fingerprint density at radius 2 is 0.892 bits per heavy atom. The van der Waals surface area contributed by atoms with Crippen molar-refractivity contribution in [2.24, 2.45) is 29.6 Å². The van der Waals surface area contributed by atoms with E-state index in [2.05, 4.69) is 38.1 Å². The van der Waals surface area contributed by atoms with Crippen molar-refractivity contribution < 1.29 is 0 Å². The lowest BCUT2D eigenvalue weighted by Gasteiger charge is -2.32. The van der Waals surface area contributed by atoms with Crippen LogP contribution in [0.1, 0.15) is 172 Å². The van der Waals surface area contributed by atoms with E-state index in [9.17, 15) is 0 Å². The van der Waals surface area contributed by atoms with E-state index in [1.54, 1.807) is 49.7 Å². The summed E-state index contributed by atoms with van der Waals surface area (Å²) < 4.78 is 0. The van der Waals surface area contributed by atoms with E-state index in [0.29, 0.717) is 0 Å². The predicted octanol–water partition coefficient (Wildman–Crippen LogP) is 12.1. The van der Waals surface area contributed by atoms with E-state index in [1.165, 1.54) is 109 Å². The highest BCUT2D eigenvalue weighted by atomic mass is 14.3. The number of unbranched alkanes of at least 4 members (excludes halogenated alkanes) is 3. The van der Waals surface area contributed by atoms with E-state index in [1.807, 2.05) is 0 Å². The van der Waals surface area contributed by atoms with Gasteiger partial charge in [0, 0.05) is 0 Å². The van der Waals surface area contributed by atoms with Crippen molar-refractivity contribution in [3.8, 4) is 0 Å². The molecule has 0 aromatic heterocycles. The molecule has 3 aliphatic rings. The molecule has 0 nitrogen and oxygen atoms in total. The van der Waals surface area contributed by atoms with Gasteiger partial charge in [-0.05, 0) is 85.2 Å². The van der Waals surface area contributed by atoms with E-state index in [0.717, 1.165) is 35.5 Å². The van der Waals surface area contributed by atoms with Gasteiger partial charge in [-0.2, -0.15) is 0 Å². The molecule has 0 spiro atoms. The molecule has 37 heavy (non-hydrogen) atoms. The summed E-state index contributed by atoms with van der Waals surface area (Å²) in [5, 5.41) is 0. The van der Waals surface area contributed by atoms with Crippen LogP contribution < -0.4 is 0 Å². The van der Waals surface area contributed by atoms with Crippen molar-refractivity contribution in [3.63, 3.8) is 0 Å². The van der Waals surface area contributed by atoms with Gasteiger partial charge in [-0.3, -0.25) is 0 Å². The van der Waals surface area contributed by atoms with Crippen molar-refractivity contribution in [2.75, 3.05) is 0 Å². The summed E-state index contributed by atoms with van der Waals surface area (Å²) in [6.45, 7) is 4.67. The van der Waals surface area contributed by atoms with Crippen LogP contribution in [0.2, 0.25) is 0 Å². The number of hydrogen-bond donors (Lipinski definition) is 0. The monoisotopic (exact) mass is 506 g/mol. The zero-order valence-electron chi connectivity index (χ0n) is 25.0. The van der Waals surface area contributed by atoms with Crippen LogP contribution in [-0.4, -0.2) is 0 Å². The van der Waals surface area contributed by atoms with Gasteiger partial charge in [-0.1, -0.05) is 147 Å². The minimum absolute atomic E-state index is 0.836. The van der Waals surface area contributed by atoms with Gasteiger partial charge in [0.05, 0.1) is 0 Å². The number of benzene rings is 1. The summed E-state index contributed by atoms with van der Waals surface area (Å²) in [4.78, 5) is 0. The fourth-order valence-electron chi connectivity index (χ4n) is 8.38. The first-order valence-electron chi connectivity index (χ1n) is 17.3. The van der Waals surface area contributed by atoms with Gasteiger partial charge in [0.25, 0.3) is 0 Å². The fourth-order valence-corrected chi connectivity index (χ4v) is 8.38. The van der Waals surface area contributed by atoms with Crippen LogP contribution in [0.4, 0.5) is 0 Å². The van der Waals surface area contributed by atoms with Gasteiger partial charge in [-0.25, -0.2) is 0 Å². The van der Waals surface area contributed by atoms with E-state index in [4.69, 9.17) is 0 Å². The molecule has 210 valence electrons. The van der Waals surface area contributed by atoms with Crippen LogP contribution in [-0.2, 0) is 6.42 Å². The van der Waals surface area contributed by atoms with Crippen LogP contribution >= 0.6 is 0 Å². The molecule has 0 N–H and O–H groups in total. The molecular weight excluding hydrogens is 444 g/mol. The molecule has 3 fully saturated rings. The topological polar surface area (TPSA) is 0 Å². The van der Waals surface area contributed by atoms with E-state index < -0.39 is 0 Å². The first kappa shape index (κ1) is 29.2. The van der Waals surface area contributed by atoms with Crippen molar-refractivity contribution in [1.82, 2.24) is 0 Å². The Morgan fingerprint density at radius 1 is 0.459 bits per heavy atom. The standard InChI is InChI=1S/C37H62/c1-3-5-7-9-31-10-12-32(13-11-31)14-15-33-16-18-34(19-17-33)20-21-35-24-28-37(29-25-35)36-26-22-30(23-27-36)8-6-4-2/h24-25,28-34,36H,3-23,26-27H2,1-2H3/t30-,31-,32-,33-,34-,36-. The average Bonchev–Trinajstić information content (AvgIpc) is 2.96. The average molecular weight is 507 g/mol. The lowest BCUT2D eigenvalue weighted by Crippen LogP contribution is -2.18. The molecular formula is C37H62. The van der Waals surface area contributed by atoms with Gasteiger partial charge in [-0.15, -0.1) is 0 Å². The number of rotatable bonds is 14. The van der Waals surface area contributed by atoms with Crippen LogP contribution in [0, 0.1) is 29.6 Å². The van der Waals surface area contributed by atoms with E-state index >= 15 is 0 Å². The van der Waals surface area contributed by atoms with Crippen molar-refractivity contribution in [3.05, 3.63) is 35.4 Å². The maximum Gasteiger partial charge on any atom is -0.0162 e. The molecule has 0 radical (unpaired) electrons. The quantitative estimate of drug-likeness (QED) is 0.220. The maximum atomic E-state index is 2.49. The lowest BCUT2D eigenvalue weighted by atomic mass is 9.74. The highest BCUT2D eigenvalue weighted by molar-refractivity contribution is 5.26. The molecule has 0 bridgehead atoms. The largest absolute Gasteiger partial charge is 0.0654 e. The molecule has 0 saturated heterocycles. The predicted molar refractivity (Wildman–Crippen MR) is 163 cm³/mol. The maximum absolute atomic E-state index is 2.49. The SMILES string of the molecule is CCCCC[C@H]1CC[C@H](CC[C@H]2CC[C@H](CCc3ccc([C@H]4CC[C@H](CCCC)CC4)cc3)CC2)CC1. The Bertz CT molecular complexity index is 692. The molecule has 0 heterocycles.